The van der Waals surface area contributed by atoms with Gasteiger partial charge in [0.2, 0.25) is 0 Å². The molecular weight excluding hydrogens is 303 g/mol. The number of hydrogen-bond donors (Lipinski definition) is 1. The smallest absolute Gasteiger partial charge is 0.550 e. The van der Waals surface area contributed by atoms with Gasteiger partial charge in [0.25, 0.3) is 0 Å². The van der Waals surface area contributed by atoms with Gasteiger partial charge in [-0.2, -0.15) is 0 Å². The van der Waals surface area contributed by atoms with Gasteiger partial charge in [-0.05, 0) is 44.9 Å². The monoisotopic (exact) mass is 332 g/mol. The Hall–Kier alpha value is 0.286. The average Bonchev–Trinajstić information content (AvgIpc) is 2.46. The Morgan fingerprint density at radius 2 is 1.27 bits per heavy atom. The van der Waals surface area contributed by atoms with Crippen molar-refractivity contribution in [2.24, 2.45) is 0 Å². The van der Waals surface area contributed by atoms with E-state index in [9.17, 15) is 9.90 Å². The second-order valence-corrected chi connectivity index (χ2v) is 5.14. The predicted octanol–water partition coefficient (Wildman–Crippen LogP) is 0.302. The topological polar surface area (TPSA) is 60.4 Å². The van der Waals surface area contributed by atoms with Crippen molar-refractivity contribution in [3.05, 3.63) is 36.5 Å². The minimum atomic E-state index is -0.938. The summed E-state index contributed by atoms with van der Waals surface area (Å²) in [5.41, 5.74) is 0. The first-order valence-corrected chi connectivity index (χ1v) is 8.06. The van der Waals surface area contributed by atoms with Crippen molar-refractivity contribution in [3.63, 3.8) is 0 Å². The molecule has 0 bridgehead atoms. The number of carbonyl (C=O) groups is 1. The van der Waals surface area contributed by atoms with Crippen molar-refractivity contribution >= 4 is 5.97 Å². The van der Waals surface area contributed by atoms with Gasteiger partial charge in [0.05, 0.1) is 0 Å². The molecule has 0 radical (unpaired) electrons. The van der Waals surface area contributed by atoms with Crippen LogP contribution in [-0.4, -0.2) is 17.7 Å². The van der Waals surface area contributed by atoms with Gasteiger partial charge in [-0.3, -0.25) is 0 Å². The zero-order valence-electron chi connectivity index (χ0n) is 14.0. The third kappa shape index (κ3) is 22.6. The predicted molar refractivity (Wildman–Crippen MR) is 85.7 cm³/mol. The van der Waals surface area contributed by atoms with E-state index in [0.717, 1.165) is 57.8 Å². The van der Waals surface area contributed by atoms with Gasteiger partial charge in [-0.1, -0.05) is 55.7 Å². The third-order valence-electron chi connectivity index (χ3n) is 3.14. The minimum absolute atomic E-state index is 0. The molecule has 0 atom stereocenters. The molecule has 0 amide bonds. The molecule has 0 saturated heterocycles. The summed E-state index contributed by atoms with van der Waals surface area (Å²) in [5.74, 6) is -0.938. The van der Waals surface area contributed by atoms with Gasteiger partial charge < -0.3 is 15.0 Å². The van der Waals surface area contributed by atoms with Crippen LogP contribution >= 0.6 is 0 Å². The standard InChI is InChI=1S/C18H30O3.K/c19-17-15-13-11-9-7-5-3-1-2-4-6-8-10-12-14-16-18(20)21;/h1-3,5,7,9,19H,4,6,8,10-17H2,(H,20,21);/q;+1/p-1/b2-1+,5-3+,9-7+;. The molecule has 4 heteroatoms. The zero-order chi connectivity index (χ0) is 15.6. The summed E-state index contributed by atoms with van der Waals surface area (Å²) in [7, 11) is 0. The van der Waals surface area contributed by atoms with Crippen LogP contribution < -0.4 is 56.5 Å². The summed E-state index contributed by atoms with van der Waals surface area (Å²) in [6.45, 7) is 0.281. The summed E-state index contributed by atoms with van der Waals surface area (Å²) in [6, 6.07) is 0. The summed E-state index contributed by atoms with van der Waals surface area (Å²) in [6.07, 6.45) is 21.8. The van der Waals surface area contributed by atoms with Crippen LogP contribution in [0, 0.1) is 0 Å². The molecule has 0 aromatic rings. The van der Waals surface area contributed by atoms with Crippen molar-refractivity contribution < 1.29 is 66.4 Å². The zero-order valence-corrected chi connectivity index (χ0v) is 17.1. The molecule has 0 fully saturated rings. The van der Waals surface area contributed by atoms with E-state index in [1.54, 1.807) is 0 Å². The molecule has 0 aliphatic heterocycles. The molecule has 0 unspecified atom stereocenters. The normalized spacial score (nSPS) is 11.5. The summed E-state index contributed by atoms with van der Waals surface area (Å²) >= 11 is 0. The maximum atomic E-state index is 10.2. The molecule has 0 saturated carbocycles. The van der Waals surface area contributed by atoms with Gasteiger partial charge >= 0.3 is 51.4 Å². The minimum Gasteiger partial charge on any atom is -0.550 e. The molecule has 0 rings (SSSR count). The molecular formula is C18H29KO3. The van der Waals surface area contributed by atoms with Crippen LogP contribution in [0.4, 0.5) is 0 Å². The molecule has 0 aromatic carbocycles. The number of carbonyl (C=O) groups excluding carboxylic acids is 1. The number of hydrogen-bond acceptors (Lipinski definition) is 3. The van der Waals surface area contributed by atoms with Crippen LogP contribution in [0.15, 0.2) is 36.5 Å². The molecule has 120 valence electrons. The van der Waals surface area contributed by atoms with E-state index in [0.29, 0.717) is 0 Å². The van der Waals surface area contributed by atoms with Crippen LogP contribution in [0.1, 0.15) is 64.2 Å². The van der Waals surface area contributed by atoms with Crippen molar-refractivity contribution in [1.29, 1.82) is 0 Å². The van der Waals surface area contributed by atoms with E-state index in [1.807, 2.05) is 18.2 Å². The average molecular weight is 333 g/mol. The van der Waals surface area contributed by atoms with Gasteiger partial charge in [0.15, 0.2) is 0 Å². The Labute approximate surface area is 178 Å². The van der Waals surface area contributed by atoms with Gasteiger partial charge in [0.1, 0.15) is 0 Å². The van der Waals surface area contributed by atoms with Crippen molar-refractivity contribution in [2.75, 3.05) is 6.61 Å². The first-order chi connectivity index (χ1) is 10.3. The summed E-state index contributed by atoms with van der Waals surface area (Å²) in [5, 5.41) is 18.8. The summed E-state index contributed by atoms with van der Waals surface area (Å²) in [4.78, 5) is 10.2. The maximum Gasteiger partial charge on any atom is 1.00 e. The Kier molecular flexibility index (Phi) is 23.7. The molecule has 1 N–H and O–H groups in total. The Morgan fingerprint density at radius 3 is 1.82 bits per heavy atom. The van der Waals surface area contributed by atoms with Crippen LogP contribution in [0.25, 0.3) is 0 Å². The Morgan fingerprint density at radius 1 is 0.773 bits per heavy atom. The quantitative estimate of drug-likeness (QED) is 0.283. The fourth-order valence-corrected chi connectivity index (χ4v) is 1.91. The molecule has 0 aliphatic rings. The number of carboxylic acid groups (broad SMARTS) is 1. The number of unbranched alkanes of at least 4 members (excludes halogenated alkanes) is 7. The summed E-state index contributed by atoms with van der Waals surface area (Å²) < 4.78 is 0. The molecule has 22 heavy (non-hydrogen) atoms. The fourth-order valence-electron chi connectivity index (χ4n) is 1.91. The Balaban J connectivity index is 0. The Bertz CT molecular complexity index is 322. The first kappa shape index (κ1) is 24.5. The number of carboxylic acids is 1. The number of allylic oxidation sites excluding steroid dienone is 6. The van der Waals surface area contributed by atoms with Crippen LogP contribution in [0.2, 0.25) is 0 Å². The van der Waals surface area contributed by atoms with Gasteiger partial charge in [-0.15, -0.1) is 0 Å². The van der Waals surface area contributed by atoms with E-state index in [1.165, 1.54) is 0 Å². The van der Waals surface area contributed by atoms with E-state index in [-0.39, 0.29) is 64.4 Å². The van der Waals surface area contributed by atoms with E-state index < -0.39 is 5.97 Å². The van der Waals surface area contributed by atoms with E-state index in [2.05, 4.69) is 18.2 Å². The van der Waals surface area contributed by atoms with E-state index >= 15 is 0 Å². The number of aliphatic hydroxyl groups excluding tert-OH is 1. The van der Waals surface area contributed by atoms with Gasteiger partial charge in [0, 0.05) is 12.6 Å². The second kappa shape index (κ2) is 21.3. The largest absolute Gasteiger partial charge is 1.00 e. The van der Waals surface area contributed by atoms with Crippen LogP contribution in [-0.2, 0) is 4.79 Å². The molecule has 0 spiro atoms. The van der Waals surface area contributed by atoms with E-state index in [4.69, 9.17) is 5.11 Å². The number of rotatable bonds is 14. The molecule has 0 aliphatic carbocycles. The van der Waals surface area contributed by atoms with Crippen molar-refractivity contribution in [3.8, 4) is 0 Å². The number of aliphatic carboxylic acids is 1. The maximum absolute atomic E-state index is 10.2. The van der Waals surface area contributed by atoms with Crippen LogP contribution in [0.5, 0.6) is 0 Å². The molecule has 0 aromatic heterocycles. The molecule has 0 heterocycles. The van der Waals surface area contributed by atoms with Gasteiger partial charge in [-0.25, -0.2) is 0 Å². The van der Waals surface area contributed by atoms with Crippen molar-refractivity contribution in [2.45, 2.75) is 64.2 Å². The van der Waals surface area contributed by atoms with Crippen molar-refractivity contribution in [1.82, 2.24) is 0 Å². The first-order valence-electron chi connectivity index (χ1n) is 8.06. The van der Waals surface area contributed by atoms with Crippen LogP contribution in [0.3, 0.4) is 0 Å². The fraction of sp³-hybridized carbons (Fsp3) is 0.611. The number of aliphatic hydroxyl groups is 1. The third-order valence-corrected chi connectivity index (χ3v) is 3.14. The second-order valence-electron chi connectivity index (χ2n) is 5.14. The SMILES string of the molecule is O=C([O-])CCCCCCC/C=C/C=C/C=C/CCCCO.[K+]. The molecule has 3 nitrogen and oxygen atoms in total.